The SMILES string of the molecule is CC1CCCN(S(=O)(=O)c2ccc(NC(=O)CCc3c[nH]c4ccccc34)cc2)C1. The molecule has 2 aromatic carbocycles. The Balaban J connectivity index is 1.36. The zero-order valence-corrected chi connectivity index (χ0v) is 17.9. The Morgan fingerprint density at radius 2 is 1.93 bits per heavy atom. The summed E-state index contributed by atoms with van der Waals surface area (Å²) in [5, 5.41) is 3.99. The van der Waals surface area contributed by atoms with Crippen molar-refractivity contribution < 1.29 is 13.2 Å². The van der Waals surface area contributed by atoms with Gasteiger partial charge in [0.05, 0.1) is 4.90 Å². The van der Waals surface area contributed by atoms with E-state index < -0.39 is 10.0 Å². The first-order chi connectivity index (χ1) is 14.4. The first-order valence-corrected chi connectivity index (χ1v) is 11.8. The molecule has 0 saturated carbocycles. The Hall–Kier alpha value is -2.64. The summed E-state index contributed by atoms with van der Waals surface area (Å²) in [7, 11) is -3.48. The minimum atomic E-state index is -3.48. The van der Waals surface area contributed by atoms with Crippen molar-refractivity contribution >= 4 is 32.5 Å². The normalized spacial score (nSPS) is 17.8. The van der Waals surface area contributed by atoms with Crippen LogP contribution in [0.25, 0.3) is 10.9 Å². The highest BCUT2D eigenvalue weighted by atomic mass is 32.2. The predicted octanol–water partition coefficient (Wildman–Crippen LogP) is 4.16. The van der Waals surface area contributed by atoms with Gasteiger partial charge in [0.25, 0.3) is 0 Å². The second kappa shape index (κ2) is 8.62. The van der Waals surface area contributed by atoms with E-state index in [1.54, 1.807) is 28.6 Å². The van der Waals surface area contributed by atoms with Crippen LogP contribution < -0.4 is 5.32 Å². The zero-order chi connectivity index (χ0) is 21.1. The van der Waals surface area contributed by atoms with Gasteiger partial charge in [-0.25, -0.2) is 8.42 Å². The second-order valence-electron chi connectivity index (χ2n) is 8.04. The zero-order valence-electron chi connectivity index (χ0n) is 17.1. The number of para-hydroxylation sites is 1. The Morgan fingerprint density at radius 3 is 2.70 bits per heavy atom. The molecule has 0 radical (unpaired) electrons. The molecule has 4 rings (SSSR count). The molecule has 1 fully saturated rings. The lowest BCUT2D eigenvalue weighted by Gasteiger charge is -2.30. The fourth-order valence-electron chi connectivity index (χ4n) is 4.03. The van der Waals surface area contributed by atoms with Gasteiger partial charge in [0.2, 0.25) is 15.9 Å². The molecule has 1 amide bonds. The number of benzene rings is 2. The summed E-state index contributed by atoms with van der Waals surface area (Å²) in [5.74, 6) is 0.282. The number of anilines is 1. The number of piperidine rings is 1. The van der Waals surface area contributed by atoms with E-state index in [1.807, 2.05) is 30.5 Å². The highest BCUT2D eigenvalue weighted by Crippen LogP contribution is 2.24. The molecule has 2 N–H and O–H groups in total. The Bertz CT molecular complexity index is 1140. The number of sulfonamides is 1. The maximum absolute atomic E-state index is 12.8. The van der Waals surface area contributed by atoms with Crippen LogP contribution >= 0.6 is 0 Å². The summed E-state index contributed by atoms with van der Waals surface area (Å²) < 4.78 is 27.3. The third kappa shape index (κ3) is 4.42. The van der Waals surface area contributed by atoms with E-state index in [2.05, 4.69) is 17.2 Å². The van der Waals surface area contributed by atoms with Gasteiger partial charge < -0.3 is 10.3 Å². The number of hydrogen-bond donors (Lipinski definition) is 2. The van der Waals surface area contributed by atoms with Crippen LogP contribution in [-0.4, -0.2) is 36.7 Å². The minimum Gasteiger partial charge on any atom is -0.361 e. The average molecular weight is 426 g/mol. The summed E-state index contributed by atoms with van der Waals surface area (Å²) in [6.45, 7) is 3.21. The standard InChI is InChI=1S/C23H27N3O3S/c1-17-5-4-14-26(16-17)30(28,29)20-11-9-19(10-12-20)25-23(27)13-8-18-15-24-22-7-3-2-6-21(18)22/h2-3,6-7,9-12,15,17,24H,4-5,8,13-14,16H2,1H3,(H,25,27). The van der Waals surface area contributed by atoms with E-state index in [0.717, 1.165) is 29.3 Å². The molecule has 0 spiro atoms. The molecule has 1 aliphatic rings. The second-order valence-corrected chi connectivity index (χ2v) is 9.98. The molecule has 0 bridgehead atoms. The Morgan fingerprint density at radius 1 is 1.17 bits per heavy atom. The van der Waals surface area contributed by atoms with Crippen molar-refractivity contribution in [1.82, 2.24) is 9.29 Å². The molecule has 158 valence electrons. The highest BCUT2D eigenvalue weighted by molar-refractivity contribution is 7.89. The number of carbonyl (C=O) groups is 1. The number of nitrogens with zero attached hydrogens (tertiary/aromatic N) is 1. The molecule has 2 heterocycles. The number of rotatable bonds is 6. The minimum absolute atomic E-state index is 0.0965. The van der Waals surface area contributed by atoms with Gasteiger partial charge >= 0.3 is 0 Å². The predicted molar refractivity (Wildman–Crippen MR) is 119 cm³/mol. The lowest BCUT2D eigenvalue weighted by atomic mass is 10.0. The number of hydrogen-bond acceptors (Lipinski definition) is 3. The van der Waals surface area contributed by atoms with E-state index >= 15 is 0 Å². The number of aromatic amines is 1. The monoisotopic (exact) mass is 425 g/mol. The molecule has 7 heteroatoms. The van der Waals surface area contributed by atoms with Crippen LogP contribution in [0.15, 0.2) is 59.6 Å². The number of carbonyl (C=O) groups excluding carboxylic acids is 1. The van der Waals surface area contributed by atoms with E-state index in [4.69, 9.17) is 0 Å². The summed E-state index contributed by atoms with van der Waals surface area (Å²) in [6, 6.07) is 14.5. The van der Waals surface area contributed by atoms with Gasteiger partial charge in [0, 0.05) is 42.3 Å². The van der Waals surface area contributed by atoms with Gasteiger partial charge in [-0.1, -0.05) is 25.1 Å². The van der Waals surface area contributed by atoms with Gasteiger partial charge in [-0.05, 0) is 61.1 Å². The molecular weight excluding hydrogens is 398 g/mol. The number of amides is 1. The van der Waals surface area contributed by atoms with Crippen LogP contribution in [0.4, 0.5) is 5.69 Å². The molecule has 30 heavy (non-hydrogen) atoms. The van der Waals surface area contributed by atoms with Crippen LogP contribution in [0.2, 0.25) is 0 Å². The van der Waals surface area contributed by atoms with Gasteiger partial charge in [-0.2, -0.15) is 4.31 Å². The van der Waals surface area contributed by atoms with Crippen molar-refractivity contribution in [2.24, 2.45) is 5.92 Å². The van der Waals surface area contributed by atoms with Crippen LogP contribution in [0.1, 0.15) is 31.7 Å². The summed E-state index contributed by atoms with van der Waals surface area (Å²) in [4.78, 5) is 15.9. The maximum atomic E-state index is 12.8. The molecule has 1 unspecified atom stereocenters. The molecule has 1 aromatic heterocycles. The first kappa shape index (κ1) is 20.6. The third-order valence-electron chi connectivity index (χ3n) is 5.69. The van der Waals surface area contributed by atoms with E-state index in [9.17, 15) is 13.2 Å². The number of aromatic nitrogens is 1. The number of aryl methyl sites for hydroxylation is 1. The Kier molecular flexibility index (Phi) is 5.92. The number of H-pyrrole nitrogens is 1. The van der Waals surface area contributed by atoms with Crippen molar-refractivity contribution in [3.8, 4) is 0 Å². The van der Waals surface area contributed by atoms with Gasteiger partial charge in [-0.3, -0.25) is 4.79 Å². The first-order valence-electron chi connectivity index (χ1n) is 10.4. The summed E-state index contributed by atoms with van der Waals surface area (Å²) in [6.07, 6.45) is 4.89. The molecular formula is C23H27N3O3S. The lowest BCUT2D eigenvalue weighted by Crippen LogP contribution is -2.39. The van der Waals surface area contributed by atoms with Crippen molar-refractivity contribution in [2.75, 3.05) is 18.4 Å². The van der Waals surface area contributed by atoms with Crippen molar-refractivity contribution in [3.05, 3.63) is 60.3 Å². The number of nitrogens with one attached hydrogen (secondary N) is 2. The number of fused-ring (bicyclic) bond motifs is 1. The van der Waals surface area contributed by atoms with E-state index in [-0.39, 0.29) is 10.8 Å². The molecule has 3 aromatic rings. The topological polar surface area (TPSA) is 82.3 Å². The molecule has 0 aliphatic carbocycles. The quantitative estimate of drug-likeness (QED) is 0.622. The van der Waals surface area contributed by atoms with Crippen LogP contribution in [0.5, 0.6) is 0 Å². The van der Waals surface area contributed by atoms with Gasteiger partial charge in [-0.15, -0.1) is 0 Å². The average Bonchev–Trinajstić information content (AvgIpc) is 3.16. The van der Waals surface area contributed by atoms with Gasteiger partial charge in [0.15, 0.2) is 0 Å². The van der Waals surface area contributed by atoms with E-state index in [0.29, 0.717) is 37.5 Å². The van der Waals surface area contributed by atoms with Gasteiger partial charge in [0.1, 0.15) is 0 Å². The Labute approximate surface area is 177 Å². The van der Waals surface area contributed by atoms with Crippen molar-refractivity contribution in [3.63, 3.8) is 0 Å². The molecule has 1 saturated heterocycles. The largest absolute Gasteiger partial charge is 0.361 e. The molecule has 1 aliphatic heterocycles. The van der Waals surface area contributed by atoms with E-state index in [1.165, 1.54) is 0 Å². The summed E-state index contributed by atoms with van der Waals surface area (Å²) in [5.41, 5.74) is 2.77. The fraction of sp³-hybridized carbons (Fsp3) is 0.348. The van der Waals surface area contributed by atoms with Crippen molar-refractivity contribution in [1.29, 1.82) is 0 Å². The third-order valence-corrected chi connectivity index (χ3v) is 7.57. The molecule has 6 nitrogen and oxygen atoms in total. The highest BCUT2D eigenvalue weighted by Gasteiger charge is 2.28. The summed E-state index contributed by atoms with van der Waals surface area (Å²) >= 11 is 0. The molecule has 1 atom stereocenters. The van der Waals surface area contributed by atoms with Crippen LogP contribution in [0.3, 0.4) is 0 Å². The van der Waals surface area contributed by atoms with Crippen LogP contribution in [0, 0.1) is 5.92 Å². The van der Waals surface area contributed by atoms with Crippen molar-refractivity contribution in [2.45, 2.75) is 37.5 Å². The fourth-order valence-corrected chi connectivity index (χ4v) is 5.63. The van der Waals surface area contributed by atoms with Crippen LogP contribution in [-0.2, 0) is 21.2 Å². The maximum Gasteiger partial charge on any atom is 0.243 e. The lowest BCUT2D eigenvalue weighted by molar-refractivity contribution is -0.116. The smallest absolute Gasteiger partial charge is 0.243 e.